The van der Waals surface area contributed by atoms with Crippen LogP contribution in [0.2, 0.25) is 0 Å². The lowest BCUT2D eigenvalue weighted by molar-refractivity contribution is -0.152. The predicted octanol–water partition coefficient (Wildman–Crippen LogP) is -1.54. The molecular formula is C4H7O8P. The molecule has 0 aromatic rings. The number of phosphoric acid groups is 1. The summed E-state index contributed by atoms with van der Waals surface area (Å²) in [6, 6.07) is 0. The van der Waals surface area contributed by atoms with Crippen molar-refractivity contribution >= 4 is 19.8 Å². The smallest absolute Gasteiger partial charge is 0.479 e. The molecule has 0 saturated carbocycles. The number of rotatable bonds is 4. The zero-order valence-corrected chi connectivity index (χ0v) is 7.05. The van der Waals surface area contributed by atoms with Crippen LogP contribution in [0.4, 0.5) is 0 Å². The van der Waals surface area contributed by atoms with Gasteiger partial charge in [0.2, 0.25) is 0 Å². The van der Waals surface area contributed by atoms with E-state index in [1.807, 2.05) is 0 Å². The third-order valence-corrected chi connectivity index (χ3v) is 1.31. The molecular weight excluding hydrogens is 207 g/mol. The molecule has 0 saturated heterocycles. The molecule has 0 bridgehead atoms. The van der Waals surface area contributed by atoms with Gasteiger partial charge in [0.1, 0.15) is 0 Å². The van der Waals surface area contributed by atoms with E-state index in [4.69, 9.17) is 20.0 Å². The summed E-state index contributed by atoms with van der Waals surface area (Å²) in [5.41, 5.74) is 0. The molecule has 0 fully saturated rings. The average molecular weight is 214 g/mol. The Labute approximate surface area is 72.0 Å². The minimum atomic E-state index is -4.96. The van der Waals surface area contributed by atoms with E-state index in [1.54, 1.807) is 0 Å². The van der Waals surface area contributed by atoms with Gasteiger partial charge in [-0.1, -0.05) is 0 Å². The van der Waals surface area contributed by atoms with Crippen molar-refractivity contribution in [2.45, 2.75) is 12.5 Å². The number of carbonyl (C=O) groups excluding carboxylic acids is 1. The number of carboxylic acids is 1. The fourth-order valence-corrected chi connectivity index (χ4v) is 0.755. The van der Waals surface area contributed by atoms with E-state index in [9.17, 15) is 14.2 Å². The molecule has 0 heterocycles. The Hall–Kier alpha value is -0.950. The minimum Gasteiger partial charge on any atom is -0.479 e. The summed E-state index contributed by atoms with van der Waals surface area (Å²) in [6.45, 7) is 0. The lowest BCUT2D eigenvalue weighted by atomic mass is 10.3. The molecule has 0 aliphatic carbocycles. The van der Waals surface area contributed by atoms with Crippen LogP contribution in [-0.2, 0) is 18.7 Å². The van der Waals surface area contributed by atoms with Gasteiger partial charge < -0.3 is 14.7 Å². The minimum absolute atomic E-state index is 1.01. The molecule has 4 N–H and O–H groups in total. The number of phosphoric ester groups is 1. The van der Waals surface area contributed by atoms with Gasteiger partial charge in [-0.05, 0) is 0 Å². The Morgan fingerprint density at radius 3 is 2.15 bits per heavy atom. The highest BCUT2D eigenvalue weighted by atomic mass is 31.2. The van der Waals surface area contributed by atoms with E-state index in [0.717, 1.165) is 0 Å². The van der Waals surface area contributed by atoms with E-state index < -0.39 is 32.3 Å². The first kappa shape index (κ1) is 12.0. The molecule has 13 heavy (non-hydrogen) atoms. The number of hydrogen-bond acceptors (Lipinski definition) is 5. The SMILES string of the molecule is O=C(C[C@H](O)C(=O)O)OP(=O)(O)O. The van der Waals surface area contributed by atoms with Crippen LogP contribution in [0.25, 0.3) is 0 Å². The molecule has 0 aromatic carbocycles. The van der Waals surface area contributed by atoms with Crippen LogP contribution in [0.5, 0.6) is 0 Å². The Morgan fingerprint density at radius 2 is 1.85 bits per heavy atom. The van der Waals surface area contributed by atoms with Crippen LogP contribution in [0.15, 0.2) is 0 Å². The normalized spacial score (nSPS) is 13.5. The quantitative estimate of drug-likeness (QED) is 0.412. The molecule has 0 amide bonds. The van der Waals surface area contributed by atoms with Crippen LogP contribution in [0, 0.1) is 0 Å². The highest BCUT2D eigenvalue weighted by molar-refractivity contribution is 7.46. The van der Waals surface area contributed by atoms with E-state index in [1.165, 1.54) is 0 Å². The van der Waals surface area contributed by atoms with Crippen molar-refractivity contribution in [2.24, 2.45) is 0 Å². The summed E-state index contributed by atoms with van der Waals surface area (Å²) in [5.74, 6) is -3.16. The molecule has 0 aliphatic rings. The summed E-state index contributed by atoms with van der Waals surface area (Å²) >= 11 is 0. The molecule has 1 atom stereocenters. The van der Waals surface area contributed by atoms with Crippen LogP contribution in [0.1, 0.15) is 6.42 Å². The van der Waals surface area contributed by atoms with E-state index in [2.05, 4.69) is 4.52 Å². The highest BCUT2D eigenvalue weighted by Crippen LogP contribution is 2.36. The number of hydrogen-bond donors (Lipinski definition) is 4. The standard InChI is InChI=1S/C4H7O8P/c5-2(4(7)8)1-3(6)12-13(9,10)11/h2,5H,1H2,(H,7,8)(H2,9,10,11)/t2-/m0/s1. The summed E-state index contributed by atoms with van der Waals surface area (Å²) in [4.78, 5) is 36.5. The number of aliphatic hydroxyl groups is 1. The van der Waals surface area contributed by atoms with Gasteiger partial charge in [-0.3, -0.25) is 14.6 Å². The van der Waals surface area contributed by atoms with Gasteiger partial charge in [0, 0.05) is 0 Å². The van der Waals surface area contributed by atoms with Gasteiger partial charge in [-0.25, -0.2) is 9.36 Å². The second-order valence-electron chi connectivity index (χ2n) is 2.01. The molecule has 0 unspecified atom stereocenters. The summed E-state index contributed by atoms with van der Waals surface area (Å²) in [7, 11) is -4.96. The number of carbonyl (C=O) groups is 2. The van der Waals surface area contributed by atoms with E-state index in [0.29, 0.717) is 0 Å². The van der Waals surface area contributed by atoms with Crippen molar-refractivity contribution in [1.82, 2.24) is 0 Å². The van der Waals surface area contributed by atoms with E-state index >= 15 is 0 Å². The lowest BCUT2D eigenvalue weighted by Gasteiger charge is -2.06. The molecule has 8 nitrogen and oxygen atoms in total. The fourth-order valence-electron chi connectivity index (χ4n) is 0.415. The zero-order chi connectivity index (χ0) is 10.6. The van der Waals surface area contributed by atoms with Gasteiger partial charge in [0.15, 0.2) is 6.10 Å². The van der Waals surface area contributed by atoms with E-state index in [-0.39, 0.29) is 0 Å². The maximum atomic E-state index is 10.4. The van der Waals surface area contributed by atoms with Crippen molar-refractivity contribution in [1.29, 1.82) is 0 Å². The summed E-state index contributed by atoms with van der Waals surface area (Å²) in [6.07, 6.45) is -3.04. The summed E-state index contributed by atoms with van der Waals surface area (Å²) in [5, 5.41) is 16.6. The van der Waals surface area contributed by atoms with Gasteiger partial charge in [-0.15, -0.1) is 0 Å². The van der Waals surface area contributed by atoms with Crippen molar-refractivity contribution in [3.05, 3.63) is 0 Å². The number of aliphatic carboxylic acids is 1. The number of aliphatic hydroxyl groups excluding tert-OH is 1. The lowest BCUT2D eigenvalue weighted by Crippen LogP contribution is -2.23. The molecule has 0 spiro atoms. The van der Waals surface area contributed by atoms with Crippen molar-refractivity contribution in [3.63, 3.8) is 0 Å². The highest BCUT2D eigenvalue weighted by Gasteiger charge is 2.25. The Bertz CT molecular complexity index is 253. The van der Waals surface area contributed by atoms with Crippen molar-refractivity contribution in [2.75, 3.05) is 0 Å². The monoisotopic (exact) mass is 214 g/mol. The molecule has 0 rings (SSSR count). The first-order chi connectivity index (χ1) is 5.72. The van der Waals surface area contributed by atoms with Crippen molar-refractivity contribution in [3.8, 4) is 0 Å². The third kappa shape index (κ3) is 6.23. The first-order valence-corrected chi connectivity index (χ1v) is 4.44. The molecule has 9 heteroatoms. The Kier molecular flexibility index (Phi) is 4.02. The molecule has 0 aliphatic heterocycles. The largest absolute Gasteiger partial charge is 0.526 e. The first-order valence-electron chi connectivity index (χ1n) is 2.91. The average Bonchev–Trinajstić information content (AvgIpc) is 1.81. The van der Waals surface area contributed by atoms with Crippen molar-refractivity contribution < 1.29 is 38.7 Å². The second kappa shape index (κ2) is 4.33. The molecule has 0 radical (unpaired) electrons. The van der Waals surface area contributed by atoms with Crippen LogP contribution >= 0.6 is 7.82 Å². The maximum Gasteiger partial charge on any atom is 0.526 e. The zero-order valence-electron chi connectivity index (χ0n) is 6.15. The molecule has 0 aromatic heterocycles. The van der Waals surface area contributed by atoms with Gasteiger partial charge in [0.25, 0.3) is 0 Å². The third-order valence-electron chi connectivity index (χ3n) is 0.866. The molecule has 76 valence electrons. The van der Waals surface area contributed by atoms with Gasteiger partial charge in [-0.2, -0.15) is 0 Å². The van der Waals surface area contributed by atoms with Gasteiger partial charge >= 0.3 is 19.8 Å². The Morgan fingerprint density at radius 1 is 1.38 bits per heavy atom. The van der Waals surface area contributed by atoms with Gasteiger partial charge in [0.05, 0.1) is 6.42 Å². The summed E-state index contributed by atoms with van der Waals surface area (Å²) < 4.78 is 13.5. The second-order valence-corrected chi connectivity index (χ2v) is 3.18. The fraction of sp³-hybridized carbons (Fsp3) is 0.500. The van der Waals surface area contributed by atoms with Crippen LogP contribution in [0.3, 0.4) is 0 Å². The Balaban J connectivity index is 4.03. The van der Waals surface area contributed by atoms with Crippen LogP contribution < -0.4 is 0 Å². The number of carboxylic acid groups (broad SMARTS) is 1. The van der Waals surface area contributed by atoms with Crippen LogP contribution in [-0.4, -0.2) is 38.0 Å². The predicted molar refractivity (Wildman–Crippen MR) is 36.4 cm³/mol. The topological polar surface area (TPSA) is 141 Å². The maximum absolute atomic E-state index is 10.4.